The topological polar surface area (TPSA) is 119 Å². The van der Waals surface area contributed by atoms with Gasteiger partial charge in [-0.2, -0.15) is 0 Å². The first-order valence-corrected chi connectivity index (χ1v) is 36.6. The van der Waals surface area contributed by atoms with E-state index in [4.69, 9.17) is 27.7 Å². The summed E-state index contributed by atoms with van der Waals surface area (Å²) in [6.07, 6.45) is 8.68. The maximum Gasteiger partial charge on any atom is 0.307 e. The van der Waals surface area contributed by atoms with Crippen LogP contribution in [0.1, 0.15) is 198 Å². The third-order valence-electron chi connectivity index (χ3n) is 16.6. The Morgan fingerprint density at radius 1 is 0.605 bits per heavy atom. The summed E-state index contributed by atoms with van der Waals surface area (Å²) in [4.78, 5) is 31.5. The van der Waals surface area contributed by atoms with E-state index in [1.807, 2.05) is 53.7 Å². The summed E-state index contributed by atoms with van der Waals surface area (Å²) < 4.78 is 32.9. The predicted octanol–water partition coefficient (Wildman–Crippen LogP) is 16.0. The van der Waals surface area contributed by atoms with Crippen molar-refractivity contribution in [3.05, 3.63) is 136 Å². The van der Waals surface area contributed by atoms with Crippen molar-refractivity contribution in [2.45, 2.75) is 208 Å². The van der Waals surface area contributed by atoms with E-state index < -0.39 is 27.8 Å². The second-order valence-electron chi connectivity index (χ2n) is 29.1. The molecule has 5 aromatic rings. The average molecular weight is 1320 g/mol. The summed E-state index contributed by atoms with van der Waals surface area (Å²) >= 11 is 2.39. The van der Waals surface area contributed by atoms with Gasteiger partial charge in [0.15, 0.2) is 5.76 Å². The molecular formula is C73H103IN2O8Si2. The summed E-state index contributed by atoms with van der Waals surface area (Å²) in [6.45, 7) is 35.2. The largest absolute Gasteiger partial charge is 0.460 e. The number of hydrogen-bond donors (Lipinski definition) is 0. The number of rotatable bonds is 24. The third-order valence-corrected chi connectivity index (χ3v) is 27.7. The Kier molecular flexibility index (Phi) is 25.4. The van der Waals surface area contributed by atoms with E-state index in [-0.39, 0.29) is 46.7 Å². The molecule has 468 valence electrons. The van der Waals surface area contributed by atoms with Crippen LogP contribution in [-0.2, 0) is 32.8 Å². The molecule has 2 atom stereocenters. The molecule has 0 saturated heterocycles. The Labute approximate surface area is 533 Å². The number of oxime groups is 1. The Morgan fingerprint density at radius 3 is 1.38 bits per heavy atom. The van der Waals surface area contributed by atoms with E-state index in [1.54, 1.807) is 0 Å². The van der Waals surface area contributed by atoms with Gasteiger partial charge in [0, 0.05) is 36.9 Å². The first-order chi connectivity index (χ1) is 40.5. The number of nitrogens with zero attached hydrogens (tertiary/aromatic N) is 2. The molecule has 0 aliphatic heterocycles. The summed E-state index contributed by atoms with van der Waals surface area (Å²) in [5, 5.41) is 13.6. The minimum Gasteiger partial charge on any atom is -0.460 e. The summed E-state index contributed by atoms with van der Waals surface area (Å²) in [5.74, 6) is 10.5. The van der Waals surface area contributed by atoms with Gasteiger partial charge in [-0.1, -0.05) is 207 Å². The van der Waals surface area contributed by atoms with Gasteiger partial charge in [-0.3, -0.25) is 9.59 Å². The second kappa shape index (κ2) is 31.1. The molecule has 0 spiro atoms. The standard InChI is InChI=1S/C37H53NO4Si.C36H50INO4Si/c1-28(2)24-30-25-29(26-30)20-21-34(38-40-9)31(27-35(39)42-36(3,4)5)22-23-41-43(37(6,7)8,32-16-12-10-13-17-32)33-18-14-11-15-19-33;1-25(2)21-26-22-28(23-26)34-32(37)33(38-42-34)27(24-31(39)41-35(3,4)5)19-20-40-43(36(6,7)8,29-15-11-9-12-16-29)30-17-13-10-14-18-30/h10-19,28-31H,22-27H2,1-9H3;9-18,25-28H,19-24H2,1-8H3/b38-34+;. The van der Waals surface area contributed by atoms with Crippen LogP contribution in [0.3, 0.4) is 0 Å². The Bertz CT molecular complexity index is 2890. The number of halogens is 1. The molecule has 2 aliphatic carbocycles. The normalized spacial score (nSPS) is 18.3. The molecular weight excluding hydrogens is 1220 g/mol. The lowest BCUT2D eigenvalue weighted by Crippen LogP contribution is -2.66. The lowest BCUT2D eigenvalue weighted by atomic mass is 9.70. The lowest BCUT2D eigenvalue weighted by Gasteiger charge is -2.43. The molecule has 7 rings (SSSR count). The summed E-state index contributed by atoms with van der Waals surface area (Å²) in [5.41, 5.74) is 0.327. The molecule has 2 unspecified atom stereocenters. The van der Waals surface area contributed by atoms with Crippen LogP contribution in [0.4, 0.5) is 0 Å². The fourth-order valence-corrected chi connectivity index (χ4v) is 23.1. The first-order valence-electron chi connectivity index (χ1n) is 31.7. The van der Waals surface area contributed by atoms with Crippen LogP contribution in [0, 0.1) is 50.9 Å². The predicted molar refractivity (Wildman–Crippen MR) is 366 cm³/mol. The summed E-state index contributed by atoms with van der Waals surface area (Å²) in [6, 6.07) is 42.6. The van der Waals surface area contributed by atoms with Crippen molar-refractivity contribution >= 4 is 77.6 Å². The number of aromatic nitrogens is 1. The molecule has 0 radical (unpaired) electrons. The molecule has 13 heteroatoms. The second-order valence-corrected chi connectivity index (χ2v) is 38.8. The number of benzene rings is 4. The molecule has 1 heterocycles. The fraction of sp³-hybridized carbons (Fsp3) is 0.562. The molecule has 1 aromatic heterocycles. The highest BCUT2D eigenvalue weighted by molar-refractivity contribution is 14.1. The highest BCUT2D eigenvalue weighted by Gasteiger charge is 2.52. The fourth-order valence-electron chi connectivity index (χ4n) is 12.9. The molecule has 0 bridgehead atoms. The number of carbonyl (C=O) groups excluding carboxylic acids is 2. The van der Waals surface area contributed by atoms with Gasteiger partial charge in [0.1, 0.15) is 29.7 Å². The van der Waals surface area contributed by atoms with Crippen molar-refractivity contribution in [3.8, 4) is 11.8 Å². The average Bonchev–Trinajstić information content (AvgIpc) is 0.929. The minimum atomic E-state index is -2.73. The number of ether oxygens (including phenoxy) is 2. The Morgan fingerprint density at radius 2 is 1.00 bits per heavy atom. The maximum atomic E-state index is 13.2. The van der Waals surface area contributed by atoms with Gasteiger partial charge in [0.2, 0.25) is 0 Å². The summed E-state index contributed by atoms with van der Waals surface area (Å²) in [7, 11) is -3.89. The van der Waals surface area contributed by atoms with Crippen molar-refractivity contribution in [3.63, 3.8) is 0 Å². The van der Waals surface area contributed by atoms with Crippen LogP contribution in [-0.4, -0.2) is 71.0 Å². The van der Waals surface area contributed by atoms with Crippen molar-refractivity contribution in [1.29, 1.82) is 0 Å². The molecule has 2 fully saturated rings. The number of carbonyl (C=O) groups is 2. The van der Waals surface area contributed by atoms with Gasteiger partial charge in [-0.05, 0) is 176 Å². The highest BCUT2D eigenvalue weighted by Crippen LogP contribution is 2.48. The third kappa shape index (κ3) is 19.3. The monoisotopic (exact) mass is 1320 g/mol. The van der Waals surface area contributed by atoms with Crippen molar-refractivity contribution in [2.24, 2.45) is 40.7 Å². The zero-order valence-corrected chi connectivity index (χ0v) is 59.3. The maximum absolute atomic E-state index is 13.2. The zero-order valence-electron chi connectivity index (χ0n) is 55.2. The van der Waals surface area contributed by atoms with Crippen LogP contribution < -0.4 is 20.7 Å². The van der Waals surface area contributed by atoms with E-state index in [1.165, 1.54) is 40.7 Å². The zero-order chi connectivity index (χ0) is 63.1. The molecule has 2 aliphatic rings. The van der Waals surface area contributed by atoms with E-state index in [2.05, 4.69) is 223 Å². The van der Waals surface area contributed by atoms with Gasteiger partial charge in [-0.25, -0.2) is 0 Å². The van der Waals surface area contributed by atoms with Gasteiger partial charge < -0.3 is 27.7 Å². The number of hydrogen-bond acceptors (Lipinski definition) is 10. The minimum absolute atomic E-state index is 0.122. The first kappa shape index (κ1) is 70.2. The molecule has 0 N–H and O–H groups in total. The van der Waals surface area contributed by atoms with Crippen LogP contribution >= 0.6 is 22.6 Å². The lowest BCUT2D eigenvalue weighted by molar-refractivity contribution is -0.156. The van der Waals surface area contributed by atoms with Crippen molar-refractivity contribution < 1.29 is 37.3 Å². The molecule has 10 nitrogen and oxygen atoms in total. The molecule has 0 amide bonds. The quantitative estimate of drug-likeness (QED) is 0.0149. The van der Waals surface area contributed by atoms with Gasteiger partial charge in [0.05, 0.1) is 16.4 Å². The highest BCUT2D eigenvalue weighted by atomic mass is 127. The van der Waals surface area contributed by atoms with E-state index in [0.717, 1.165) is 52.5 Å². The number of esters is 2. The van der Waals surface area contributed by atoms with Gasteiger partial charge >= 0.3 is 11.9 Å². The SMILES string of the molecule is CC(C)CC1CC(c2onc(C(CCO[Si](c3ccccc3)(c3ccccc3)C(C)(C)C)CC(=O)OC(C)(C)C)c2I)C1.CO/N=C(\C#CC1CC(CC(C)C)C1)C(CCO[Si](c1ccccc1)(c1ccccc1)C(C)(C)C)CC(=O)OC(C)(C)C. The Hall–Kier alpha value is -4.86. The molecule has 4 aromatic carbocycles. The van der Waals surface area contributed by atoms with E-state index in [0.29, 0.717) is 55.4 Å². The van der Waals surface area contributed by atoms with Crippen LogP contribution in [0.15, 0.2) is 131 Å². The molecule has 86 heavy (non-hydrogen) atoms. The van der Waals surface area contributed by atoms with E-state index in [9.17, 15) is 9.59 Å². The Balaban J connectivity index is 0.000000275. The molecule has 2 saturated carbocycles. The van der Waals surface area contributed by atoms with Crippen molar-refractivity contribution in [2.75, 3.05) is 20.3 Å². The van der Waals surface area contributed by atoms with Crippen LogP contribution in [0.25, 0.3) is 0 Å². The van der Waals surface area contributed by atoms with Crippen LogP contribution in [0.5, 0.6) is 0 Å². The van der Waals surface area contributed by atoms with Crippen LogP contribution in [0.2, 0.25) is 10.1 Å². The van der Waals surface area contributed by atoms with Crippen molar-refractivity contribution in [1.82, 2.24) is 5.16 Å². The van der Waals surface area contributed by atoms with Gasteiger partial charge in [-0.15, -0.1) is 0 Å². The van der Waals surface area contributed by atoms with Gasteiger partial charge in [0.25, 0.3) is 16.6 Å². The smallest absolute Gasteiger partial charge is 0.307 e. The van der Waals surface area contributed by atoms with E-state index >= 15 is 0 Å².